The first-order valence-electron chi connectivity index (χ1n) is 4.15. The molecule has 0 atom stereocenters. The number of rotatable bonds is 3. The van der Waals surface area contributed by atoms with Gasteiger partial charge in [0.1, 0.15) is 10.7 Å². The molecule has 0 radical (unpaired) electrons. The number of hydrogen-bond donors (Lipinski definition) is 0. The van der Waals surface area contributed by atoms with E-state index >= 15 is 0 Å². The standard InChI is InChI=1S/C8H8F2O4S2/c1-2-15(11,12)8-5-6(16(10,13)14)3-4-7(8)9/h3-5H,2H2,1H3. The summed E-state index contributed by atoms with van der Waals surface area (Å²) in [4.78, 5) is -1.69. The zero-order valence-electron chi connectivity index (χ0n) is 8.14. The highest BCUT2D eigenvalue weighted by Crippen LogP contribution is 2.21. The van der Waals surface area contributed by atoms with Crippen molar-refractivity contribution in [1.82, 2.24) is 0 Å². The fourth-order valence-electron chi connectivity index (χ4n) is 1.03. The maximum Gasteiger partial charge on any atom is 0.332 e. The van der Waals surface area contributed by atoms with Gasteiger partial charge in [0.25, 0.3) is 0 Å². The monoisotopic (exact) mass is 270 g/mol. The molecule has 0 N–H and O–H groups in total. The Balaban J connectivity index is 3.54. The molecule has 16 heavy (non-hydrogen) atoms. The molecule has 90 valence electrons. The number of benzene rings is 1. The van der Waals surface area contributed by atoms with E-state index in [2.05, 4.69) is 0 Å². The maximum absolute atomic E-state index is 13.1. The van der Waals surface area contributed by atoms with Crippen molar-refractivity contribution in [3.05, 3.63) is 24.0 Å². The molecular formula is C8H8F2O4S2. The lowest BCUT2D eigenvalue weighted by Crippen LogP contribution is -2.07. The van der Waals surface area contributed by atoms with E-state index in [0.29, 0.717) is 18.2 Å². The van der Waals surface area contributed by atoms with Gasteiger partial charge in [-0.05, 0) is 18.2 Å². The molecule has 0 spiro atoms. The molecule has 0 amide bonds. The molecule has 8 heteroatoms. The van der Waals surface area contributed by atoms with Crippen LogP contribution in [0.2, 0.25) is 0 Å². The van der Waals surface area contributed by atoms with Crippen LogP contribution in [0.25, 0.3) is 0 Å². The van der Waals surface area contributed by atoms with E-state index in [4.69, 9.17) is 0 Å². The van der Waals surface area contributed by atoms with Crippen molar-refractivity contribution < 1.29 is 25.1 Å². The van der Waals surface area contributed by atoms with Crippen molar-refractivity contribution in [2.45, 2.75) is 16.7 Å². The first-order valence-corrected chi connectivity index (χ1v) is 7.19. The van der Waals surface area contributed by atoms with Crippen LogP contribution in [0.15, 0.2) is 28.0 Å². The average molecular weight is 270 g/mol. The van der Waals surface area contributed by atoms with Gasteiger partial charge in [-0.25, -0.2) is 12.8 Å². The van der Waals surface area contributed by atoms with Crippen LogP contribution < -0.4 is 0 Å². The smallest absolute Gasteiger partial charge is 0.224 e. The molecule has 0 unspecified atom stereocenters. The molecule has 0 bridgehead atoms. The molecule has 0 fully saturated rings. The minimum Gasteiger partial charge on any atom is -0.224 e. The van der Waals surface area contributed by atoms with Crippen molar-refractivity contribution in [1.29, 1.82) is 0 Å². The van der Waals surface area contributed by atoms with E-state index < -0.39 is 41.4 Å². The van der Waals surface area contributed by atoms with Crippen LogP contribution >= 0.6 is 0 Å². The van der Waals surface area contributed by atoms with Crippen molar-refractivity contribution in [2.24, 2.45) is 0 Å². The molecule has 1 aromatic carbocycles. The van der Waals surface area contributed by atoms with Gasteiger partial charge in [0.05, 0.1) is 10.6 Å². The van der Waals surface area contributed by atoms with Crippen LogP contribution in [0.1, 0.15) is 6.92 Å². The van der Waals surface area contributed by atoms with Crippen LogP contribution in [0, 0.1) is 5.82 Å². The highest BCUT2D eigenvalue weighted by Gasteiger charge is 2.21. The maximum atomic E-state index is 13.1. The molecule has 1 aromatic rings. The third kappa shape index (κ3) is 2.56. The largest absolute Gasteiger partial charge is 0.332 e. The Bertz CT molecular complexity index is 605. The Morgan fingerprint density at radius 2 is 1.75 bits per heavy atom. The van der Waals surface area contributed by atoms with Crippen LogP contribution in [-0.4, -0.2) is 22.6 Å². The van der Waals surface area contributed by atoms with Gasteiger partial charge in [-0.3, -0.25) is 0 Å². The third-order valence-electron chi connectivity index (χ3n) is 1.90. The number of halogens is 2. The van der Waals surface area contributed by atoms with E-state index in [0.717, 1.165) is 0 Å². The van der Waals surface area contributed by atoms with Gasteiger partial charge in [-0.15, -0.1) is 3.89 Å². The fraction of sp³-hybridized carbons (Fsp3) is 0.250. The molecule has 0 aromatic heterocycles. The second-order valence-corrected chi connectivity index (χ2v) is 6.53. The lowest BCUT2D eigenvalue weighted by atomic mass is 10.3. The molecule has 0 saturated carbocycles. The van der Waals surface area contributed by atoms with Crippen molar-refractivity contribution in [3.8, 4) is 0 Å². The van der Waals surface area contributed by atoms with E-state index in [1.165, 1.54) is 6.92 Å². The Kier molecular flexibility index (Phi) is 3.34. The minimum absolute atomic E-state index is 0.403. The molecule has 0 saturated heterocycles. The second kappa shape index (κ2) is 4.10. The molecule has 0 aliphatic heterocycles. The number of hydrogen-bond acceptors (Lipinski definition) is 4. The predicted octanol–water partition coefficient (Wildman–Crippen LogP) is 1.28. The third-order valence-corrected chi connectivity index (χ3v) is 4.46. The lowest BCUT2D eigenvalue weighted by molar-refractivity contribution is 0.548. The summed E-state index contributed by atoms with van der Waals surface area (Å²) in [6, 6.07) is 1.75. The molecule has 0 aliphatic carbocycles. The summed E-state index contributed by atoms with van der Waals surface area (Å²) >= 11 is 0. The molecular weight excluding hydrogens is 262 g/mol. The first kappa shape index (κ1) is 13.0. The Morgan fingerprint density at radius 1 is 1.19 bits per heavy atom. The van der Waals surface area contributed by atoms with Gasteiger partial charge in [0.15, 0.2) is 9.84 Å². The van der Waals surface area contributed by atoms with Crippen LogP contribution in [0.4, 0.5) is 8.28 Å². The topological polar surface area (TPSA) is 68.3 Å². The summed E-state index contributed by atoms with van der Waals surface area (Å²) in [6.45, 7) is 1.27. The molecule has 0 heterocycles. The molecule has 1 rings (SSSR count). The second-order valence-electron chi connectivity index (χ2n) is 2.93. The summed E-state index contributed by atoms with van der Waals surface area (Å²) in [5.74, 6) is -1.51. The highest BCUT2D eigenvalue weighted by molar-refractivity contribution is 7.91. The Labute approximate surface area is 92.0 Å². The van der Waals surface area contributed by atoms with Crippen molar-refractivity contribution in [2.75, 3.05) is 5.75 Å². The van der Waals surface area contributed by atoms with E-state index in [1.807, 2.05) is 0 Å². The first-order chi connectivity index (χ1) is 7.18. The van der Waals surface area contributed by atoms with Crippen molar-refractivity contribution >= 4 is 20.1 Å². The average Bonchev–Trinajstić information content (AvgIpc) is 2.16. The Morgan fingerprint density at radius 3 is 2.19 bits per heavy atom. The predicted molar refractivity (Wildman–Crippen MR) is 52.4 cm³/mol. The zero-order valence-corrected chi connectivity index (χ0v) is 9.78. The molecule has 4 nitrogen and oxygen atoms in total. The normalized spacial score (nSPS) is 12.7. The quantitative estimate of drug-likeness (QED) is 0.776. The van der Waals surface area contributed by atoms with Crippen molar-refractivity contribution in [3.63, 3.8) is 0 Å². The summed E-state index contributed by atoms with van der Waals surface area (Å²) in [5, 5.41) is 0. The van der Waals surface area contributed by atoms with Crippen LogP contribution in [0.3, 0.4) is 0 Å². The Hall–Kier alpha value is -1.02. The lowest BCUT2D eigenvalue weighted by Gasteiger charge is -2.04. The van der Waals surface area contributed by atoms with Gasteiger partial charge in [-0.2, -0.15) is 8.42 Å². The van der Waals surface area contributed by atoms with Gasteiger partial charge < -0.3 is 0 Å². The van der Waals surface area contributed by atoms with Crippen LogP contribution in [0.5, 0.6) is 0 Å². The van der Waals surface area contributed by atoms with Gasteiger partial charge in [0.2, 0.25) is 0 Å². The van der Waals surface area contributed by atoms with E-state index in [1.54, 1.807) is 0 Å². The summed E-state index contributed by atoms with van der Waals surface area (Å²) in [7, 11) is -8.96. The SMILES string of the molecule is CCS(=O)(=O)c1cc(S(=O)(=O)F)ccc1F. The summed E-state index contributed by atoms with van der Waals surface area (Å²) in [6.07, 6.45) is 0. The number of sulfone groups is 1. The minimum atomic E-state index is -5.04. The molecule has 0 aliphatic rings. The van der Waals surface area contributed by atoms with Gasteiger partial charge in [-0.1, -0.05) is 6.92 Å². The van der Waals surface area contributed by atoms with Gasteiger partial charge in [0, 0.05) is 0 Å². The van der Waals surface area contributed by atoms with E-state index in [9.17, 15) is 25.1 Å². The summed E-state index contributed by atoms with van der Waals surface area (Å²) in [5.41, 5.74) is 0. The fourth-order valence-corrected chi connectivity index (χ4v) is 2.58. The highest BCUT2D eigenvalue weighted by atomic mass is 32.3. The zero-order chi connectivity index (χ0) is 12.6. The van der Waals surface area contributed by atoms with Gasteiger partial charge >= 0.3 is 10.2 Å². The van der Waals surface area contributed by atoms with Crippen LogP contribution in [-0.2, 0) is 20.1 Å². The summed E-state index contributed by atoms with van der Waals surface area (Å²) < 4.78 is 69.5. The van der Waals surface area contributed by atoms with E-state index in [-0.39, 0.29) is 0 Å².